The van der Waals surface area contributed by atoms with Crippen molar-refractivity contribution in [2.24, 2.45) is 28.6 Å². The minimum atomic E-state index is -0.550. The molecule has 5 heteroatoms. The highest BCUT2D eigenvalue weighted by Crippen LogP contribution is 2.23. The molecule has 0 aromatic rings. The zero-order valence-electron chi connectivity index (χ0n) is 12.2. The normalized spacial score (nSPS) is 26.8. The number of carbonyl (C=O) groups excluding carboxylic acids is 1. The second kappa shape index (κ2) is 7.36. The number of nitrogens with zero attached hydrogens (tertiary/aromatic N) is 1. The molecule has 3 unspecified atom stereocenters. The molecule has 0 aliphatic heterocycles. The molecule has 0 aromatic heterocycles. The zero-order chi connectivity index (χ0) is 14.4. The first-order valence-electron chi connectivity index (χ1n) is 7.23. The van der Waals surface area contributed by atoms with E-state index in [9.17, 15) is 4.79 Å². The zero-order valence-corrected chi connectivity index (χ0v) is 12.2. The van der Waals surface area contributed by atoms with Gasteiger partial charge in [-0.05, 0) is 31.1 Å². The number of amides is 1. The molecule has 1 aliphatic rings. The number of carbonyl (C=O) groups is 1. The highest BCUT2D eigenvalue weighted by molar-refractivity contribution is 6.02. The van der Waals surface area contributed by atoms with E-state index in [-0.39, 0.29) is 23.7 Å². The molecule has 0 saturated heterocycles. The Labute approximate surface area is 115 Å². The lowest BCUT2D eigenvalue weighted by Gasteiger charge is -2.23. The van der Waals surface area contributed by atoms with Gasteiger partial charge in [-0.2, -0.15) is 0 Å². The lowest BCUT2D eigenvalue weighted by molar-refractivity contribution is -0.124. The third kappa shape index (κ3) is 4.73. The van der Waals surface area contributed by atoms with Gasteiger partial charge in [0, 0.05) is 6.04 Å². The summed E-state index contributed by atoms with van der Waals surface area (Å²) in [6.45, 7) is 6.06. The van der Waals surface area contributed by atoms with Gasteiger partial charge in [0.25, 0.3) is 0 Å². The van der Waals surface area contributed by atoms with Crippen molar-refractivity contribution in [3.05, 3.63) is 0 Å². The van der Waals surface area contributed by atoms with E-state index in [4.69, 9.17) is 10.9 Å². The van der Waals surface area contributed by atoms with Gasteiger partial charge in [0.1, 0.15) is 5.92 Å². The van der Waals surface area contributed by atoms with Crippen LogP contribution in [0.15, 0.2) is 5.16 Å². The summed E-state index contributed by atoms with van der Waals surface area (Å²) in [5.74, 6) is 0.0810. The van der Waals surface area contributed by atoms with Crippen molar-refractivity contribution in [1.82, 2.24) is 5.32 Å². The SMILES string of the molecule is CC1CCCC(NC(=O)C(C(N)=NO)C(C)C)CC1. The van der Waals surface area contributed by atoms with Crippen molar-refractivity contribution in [2.45, 2.75) is 58.9 Å². The Morgan fingerprint density at radius 1 is 1.32 bits per heavy atom. The fourth-order valence-corrected chi connectivity index (χ4v) is 2.76. The van der Waals surface area contributed by atoms with Gasteiger partial charge in [-0.1, -0.05) is 38.8 Å². The molecule has 19 heavy (non-hydrogen) atoms. The van der Waals surface area contributed by atoms with E-state index in [1.165, 1.54) is 6.42 Å². The summed E-state index contributed by atoms with van der Waals surface area (Å²) in [5, 5.41) is 14.8. The second-order valence-corrected chi connectivity index (χ2v) is 6.07. The maximum atomic E-state index is 12.3. The maximum absolute atomic E-state index is 12.3. The first-order valence-corrected chi connectivity index (χ1v) is 7.23. The minimum Gasteiger partial charge on any atom is -0.409 e. The van der Waals surface area contributed by atoms with Crippen LogP contribution in [0, 0.1) is 17.8 Å². The van der Waals surface area contributed by atoms with E-state index in [2.05, 4.69) is 17.4 Å². The predicted molar refractivity (Wildman–Crippen MR) is 75.9 cm³/mol. The number of hydrogen-bond donors (Lipinski definition) is 3. The van der Waals surface area contributed by atoms with Crippen LogP contribution in [-0.4, -0.2) is 23.0 Å². The van der Waals surface area contributed by atoms with Crippen LogP contribution in [0.2, 0.25) is 0 Å². The smallest absolute Gasteiger partial charge is 0.231 e. The van der Waals surface area contributed by atoms with Gasteiger partial charge in [-0.25, -0.2) is 0 Å². The number of amidine groups is 1. The molecule has 1 rings (SSSR count). The molecule has 0 radical (unpaired) electrons. The van der Waals surface area contributed by atoms with Gasteiger partial charge in [0.2, 0.25) is 5.91 Å². The summed E-state index contributed by atoms with van der Waals surface area (Å²) < 4.78 is 0. The molecule has 5 nitrogen and oxygen atoms in total. The van der Waals surface area contributed by atoms with Crippen molar-refractivity contribution in [1.29, 1.82) is 0 Å². The highest BCUT2D eigenvalue weighted by Gasteiger charge is 2.28. The summed E-state index contributed by atoms with van der Waals surface area (Å²) >= 11 is 0. The van der Waals surface area contributed by atoms with E-state index in [1.54, 1.807) is 0 Å². The molecule has 0 spiro atoms. The summed E-state index contributed by atoms with van der Waals surface area (Å²) in [6.07, 6.45) is 5.59. The third-order valence-electron chi connectivity index (χ3n) is 3.99. The predicted octanol–water partition coefficient (Wildman–Crippen LogP) is 2.09. The first-order chi connectivity index (χ1) is 8.95. The quantitative estimate of drug-likeness (QED) is 0.240. The fraction of sp³-hybridized carbons (Fsp3) is 0.857. The number of nitrogens with two attached hydrogens (primary N) is 1. The Bertz CT molecular complexity index is 329. The van der Waals surface area contributed by atoms with Gasteiger partial charge in [0.15, 0.2) is 5.84 Å². The van der Waals surface area contributed by atoms with Crippen molar-refractivity contribution >= 4 is 11.7 Å². The molecule has 1 amide bonds. The van der Waals surface area contributed by atoms with E-state index < -0.39 is 5.92 Å². The summed E-state index contributed by atoms with van der Waals surface area (Å²) in [7, 11) is 0. The minimum absolute atomic E-state index is 0.00510. The molecule has 3 atom stereocenters. The number of oxime groups is 1. The molecule has 1 aliphatic carbocycles. The molecular formula is C14H27N3O2. The molecule has 0 bridgehead atoms. The van der Waals surface area contributed by atoms with Gasteiger partial charge in [-0.3, -0.25) is 4.79 Å². The molecule has 1 saturated carbocycles. The highest BCUT2D eigenvalue weighted by atomic mass is 16.4. The fourth-order valence-electron chi connectivity index (χ4n) is 2.76. The van der Waals surface area contributed by atoms with E-state index in [1.807, 2.05) is 13.8 Å². The average molecular weight is 269 g/mol. The number of hydrogen-bond acceptors (Lipinski definition) is 3. The average Bonchev–Trinajstić information content (AvgIpc) is 2.54. The van der Waals surface area contributed by atoms with Crippen LogP contribution in [0.25, 0.3) is 0 Å². The van der Waals surface area contributed by atoms with Crippen molar-refractivity contribution < 1.29 is 10.0 Å². The lowest BCUT2D eigenvalue weighted by atomic mass is 9.93. The van der Waals surface area contributed by atoms with E-state index in [0.717, 1.165) is 31.6 Å². The van der Waals surface area contributed by atoms with Crippen LogP contribution in [0.3, 0.4) is 0 Å². The van der Waals surface area contributed by atoms with Crippen LogP contribution < -0.4 is 11.1 Å². The maximum Gasteiger partial charge on any atom is 0.231 e. The standard InChI is InChI=1S/C14H27N3O2/c1-9(2)12(13(15)17-19)14(18)16-11-6-4-5-10(3)7-8-11/h9-12,19H,4-8H2,1-3H3,(H2,15,17)(H,16,18). The molecular weight excluding hydrogens is 242 g/mol. The van der Waals surface area contributed by atoms with Crippen LogP contribution >= 0.6 is 0 Å². The summed E-state index contributed by atoms with van der Waals surface area (Å²) in [5.41, 5.74) is 5.62. The molecule has 0 aromatic carbocycles. The Kier molecular flexibility index (Phi) is 6.12. The number of nitrogens with one attached hydrogen (secondary N) is 1. The monoisotopic (exact) mass is 269 g/mol. The van der Waals surface area contributed by atoms with Crippen LogP contribution in [0.4, 0.5) is 0 Å². The van der Waals surface area contributed by atoms with Gasteiger partial charge < -0.3 is 16.3 Å². The Morgan fingerprint density at radius 3 is 2.58 bits per heavy atom. The lowest BCUT2D eigenvalue weighted by Crippen LogP contribution is -2.45. The Balaban J connectivity index is 2.61. The topological polar surface area (TPSA) is 87.7 Å². The Morgan fingerprint density at radius 2 is 2.00 bits per heavy atom. The van der Waals surface area contributed by atoms with Gasteiger partial charge in [-0.15, -0.1) is 0 Å². The third-order valence-corrected chi connectivity index (χ3v) is 3.99. The molecule has 0 heterocycles. The van der Waals surface area contributed by atoms with Crippen LogP contribution in [0.1, 0.15) is 52.9 Å². The molecule has 110 valence electrons. The van der Waals surface area contributed by atoms with Crippen LogP contribution in [0.5, 0.6) is 0 Å². The largest absolute Gasteiger partial charge is 0.409 e. The molecule has 4 N–H and O–H groups in total. The Hall–Kier alpha value is -1.26. The molecule has 1 fully saturated rings. The first kappa shape index (κ1) is 15.8. The van der Waals surface area contributed by atoms with Gasteiger partial charge >= 0.3 is 0 Å². The number of rotatable bonds is 4. The van der Waals surface area contributed by atoms with Crippen molar-refractivity contribution in [2.75, 3.05) is 0 Å². The van der Waals surface area contributed by atoms with E-state index in [0.29, 0.717) is 0 Å². The van der Waals surface area contributed by atoms with Gasteiger partial charge in [0.05, 0.1) is 0 Å². The summed E-state index contributed by atoms with van der Waals surface area (Å²) in [4.78, 5) is 12.3. The van der Waals surface area contributed by atoms with Crippen molar-refractivity contribution in [3.8, 4) is 0 Å². The van der Waals surface area contributed by atoms with Crippen molar-refractivity contribution in [3.63, 3.8) is 0 Å². The van der Waals surface area contributed by atoms with Crippen LogP contribution in [-0.2, 0) is 4.79 Å². The second-order valence-electron chi connectivity index (χ2n) is 6.07. The summed E-state index contributed by atoms with van der Waals surface area (Å²) in [6, 6.07) is 0.227. The van der Waals surface area contributed by atoms with E-state index >= 15 is 0 Å².